The Morgan fingerprint density at radius 2 is 1.70 bits per heavy atom. The number of hydrogen-bond donors (Lipinski definition) is 2. The van der Waals surface area contributed by atoms with Gasteiger partial charge in [0.2, 0.25) is 0 Å². The molecule has 4 saturated carbocycles. The molecule has 0 aromatic heterocycles. The summed E-state index contributed by atoms with van der Waals surface area (Å²) >= 11 is 0. The second kappa shape index (κ2) is 7.87. The minimum Gasteiger partial charge on any atom is -0.396 e. The normalized spacial score (nSPS) is 51.8. The summed E-state index contributed by atoms with van der Waals surface area (Å²) in [7, 11) is 0. The van der Waals surface area contributed by atoms with Crippen LogP contribution in [0, 0.1) is 52.3 Å². The number of fused-ring (bicyclic) bond motifs is 5. The van der Waals surface area contributed by atoms with Gasteiger partial charge in [0.05, 0.1) is 5.60 Å². The van der Waals surface area contributed by atoms with Crippen LogP contribution in [0.25, 0.3) is 0 Å². The zero-order valence-electron chi connectivity index (χ0n) is 20.1. The fourth-order valence-corrected chi connectivity index (χ4v) is 9.39. The average molecular weight is 419 g/mol. The van der Waals surface area contributed by atoms with E-state index >= 15 is 0 Å². The van der Waals surface area contributed by atoms with Crippen LogP contribution >= 0.6 is 0 Å². The van der Waals surface area contributed by atoms with Gasteiger partial charge >= 0.3 is 0 Å². The van der Waals surface area contributed by atoms with E-state index in [1.54, 1.807) is 0 Å². The van der Waals surface area contributed by atoms with E-state index in [0.29, 0.717) is 42.0 Å². The Morgan fingerprint density at radius 1 is 1.00 bits per heavy atom. The minimum atomic E-state index is -0.603. The molecule has 4 aliphatic rings. The van der Waals surface area contributed by atoms with Crippen molar-refractivity contribution in [1.29, 1.82) is 0 Å². The first kappa shape index (κ1) is 22.8. The van der Waals surface area contributed by atoms with E-state index in [2.05, 4.69) is 27.7 Å². The van der Waals surface area contributed by atoms with Crippen molar-refractivity contribution in [2.45, 2.75) is 104 Å². The topological polar surface area (TPSA) is 57.5 Å². The van der Waals surface area contributed by atoms with Crippen LogP contribution < -0.4 is 0 Å². The highest BCUT2D eigenvalue weighted by Crippen LogP contribution is 2.69. The molecule has 2 N–H and O–H groups in total. The first-order valence-corrected chi connectivity index (χ1v) is 13.0. The second-order valence-electron chi connectivity index (χ2n) is 12.5. The van der Waals surface area contributed by atoms with Gasteiger partial charge in [-0.1, -0.05) is 27.7 Å². The maximum atomic E-state index is 14.0. The lowest BCUT2D eigenvalue weighted by Gasteiger charge is -2.63. The molecule has 0 bridgehead atoms. The minimum absolute atomic E-state index is 0.135. The van der Waals surface area contributed by atoms with Crippen molar-refractivity contribution in [3.8, 4) is 0 Å². The Morgan fingerprint density at radius 3 is 2.37 bits per heavy atom. The van der Waals surface area contributed by atoms with Crippen LogP contribution in [-0.4, -0.2) is 28.2 Å². The van der Waals surface area contributed by atoms with Gasteiger partial charge in [0.1, 0.15) is 5.78 Å². The molecule has 4 aliphatic carbocycles. The van der Waals surface area contributed by atoms with Crippen LogP contribution in [0.3, 0.4) is 0 Å². The molecule has 4 fully saturated rings. The Bertz CT molecular complexity index is 656. The number of aliphatic hydroxyl groups excluding tert-OH is 1. The largest absolute Gasteiger partial charge is 0.396 e. The van der Waals surface area contributed by atoms with Crippen molar-refractivity contribution in [1.82, 2.24) is 0 Å². The molecule has 0 amide bonds. The molecular formula is C27H46O3. The highest BCUT2D eigenvalue weighted by atomic mass is 16.3. The first-order chi connectivity index (χ1) is 14.1. The fourth-order valence-electron chi connectivity index (χ4n) is 9.39. The highest BCUT2D eigenvalue weighted by Gasteiger charge is 2.65. The molecule has 0 spiro atoms. The zero-order chi connectivity index (χ0) is 21.9. The van der Waals surface area contributed by atoms with Crippen LogP contribution in [0.15, 0.2) is 0 Å². The zero-order valence-corrected chi connectivity index (χ0v) is 20.1. The Kier molecular flexibility index (Phi) is 5.97. The van der Waals surface area contributed by atoms with Gasteiger partial charge in [-0.05, 0) is 112 Å². The second-order valence-corrected chi connectivity index (χ2v) is 12.5. The monoisotopic (exact) mass is 418 g/mol. The quantitative estimate of drug-likeness (QED) is 0.609. The molecule has 0 heterocycles. The van der Waals surface area contributed by atoms with Crippen LogP contribution in [0.5, 0.6) is 0 Å². The van der Waals surface area contributed by atoms with Crippen molar-refractivity contribution >= 4 is 5.78 Å². The van der Waals surface area contributed by atoms with E-state index in [4.69, 9.17) is 0 Å². The summed E-state index contributed by atoms with van der Waals surface area (Å²) in [5, 5.41) is 20.2. The molecule has 172 valence electrons. The van der Waals surface area contributed by atoms with Gasteiger partial charge in [-0.3, -0.25) is 4.79 Å². The van der Waals surface area contributed by atoms with Crippen molar-refractivity contribution < 1.29 is 15.0 Å². The van der Waals surface area contributed by atoms with Crippen molar-refractivity contribution in [2.24, 2.45) is 52.3 Å². The summed E-state index contributed by atoms with van der Waals surface area (Å²) in [4.78, 5) is 14.0. The van der Waals surface area contributed by atoms with Gasteiger partial charge in [-0.15, -0.1) is 0 Å². The summed E-state index contributed by atoms with van der Waals surface area (Å²) in [6.45, 7) is 11.9. The predicted octanol–water partition coefficient (Wildman–Crippen LogP) is 5.62. The number of aliphatic hydroxyl groups is 2. The van der Waals surface area contributed by atoms with Crippen LogP contribution in [-0.2, 0) is 4.79 Å². The van der Waals surface area contributed by atoms with Crippen molar-refractivity contribution in [3.63, 3.8) is 0 Å². The third-order valence-corrected chi connectivity index (χ3v) is 11.0. The lowest BCUT2D eigenvalue weighted by molar-refractivity contribution is -0.181. The Balaban J connectivity index is 1.65. The molecule has 0 radical (unpaired) electrons. The number of Topliss-reactive ketones (excluding diaryl/α,β-unsaturated/α-hetero) is 1. The first-order valence-electron chi connectivity index (χ1n) is 13.0. The maximum absolute atomic E-state index is 14.0. The number of rotatable bonds is 5. The molecule has 4 rings (SSSR count). The van der Waals surface area contributed by atoms with Gasteiger partial charge in [0, 0.05) is 18.4 Å². The third kappa shape index (κ3) is 3.33. The molecule has 0 aliphatic heterocycles. The molecule has 3 nitrogen and oxygen atoms in total. The van der Waals surface area contributed by atoms with Crippen LogP contribution in [0.1, 0.15) is 98.8 Å². The van der Waals surface area contributed by atoms with Gasteiger partial charge in [-0.25, -0.2) is 0 Å². The van der Waals surface area contributed by atoms with Gasteiger partial charge in [0.15, 0.2) is 0 Å². The molecule has 0 saturated heterocycles. The van der Waals surface area contributed by atoms with E-state index in [-0.39, 0.29) is 22.7 Å². The summed E-state index contributed by atoms with van der Waals surface area (Å²) in [6.07, 6.45) is 10.6. The molecule has 0 aromatic carbocycles. The molecule has 3 heteroatoms. The molecule has 30 heavy (non-hydrogen) atoms. The highest BCUT2D eigenvalue weighted by molar-refractivity contribution is 5.86. The van der Waals surface area contributed by atoms with E-state index < -0.39 is 5.60 Å². The van der Waals surface area contributed by atoms with E-state index in [0.717, 1.165) is 38.5 Å². The SMILES string of the molecule is CC[C@H]1C(=O)[C@@H]2[C@H](CC[C@]3(C)[C@@H]([C@H](C)CCCO)CC[C@@H]23)[C@@]2(C)CC[C@@](C)(O)C[C@@H]12. The number of carbonyl (C=O) groups is 1. The lowest BCUT2D eigenvalue weighted by atomic mass is 9.41. The predicted molar refractivity (Wildman–Crippen MR) is 121 cm³/mol. The smallest absolute Gasteiger partial charge is 0.139 e. The number of hydrogen-bond acceptors (Lipinski definition) is 3. The van der Waals surface area contributed by atoms with Gasteiger partial charge in [-0.2, -0.15) is 0 Å². The molecule has 10 atom stereocenters. The standard InChI is InChI=1S/C27H46O3/c1-6-18-22-16-25(3,30)13-14-27(22,5)21-11-12-26(4)19(17(2)8-7-15-28)9-10-20(26)23(21)24(18)29/h17-23,28,30H,6-16H2,1-5H3/t17-,18-,19-,20+,21+,22+,23+,25-,26-,27-/m1/s1. The summed E-state index contributed by atoms with van der Waals surface area (Å²) < 4.78 is 0. The summed E-state index contributed by atoms with van der Waals surface area (Å²) in [5.74, 6) is 3.67. The van der Waals surface area contributed by atoms with E-state index in [9.17, 15) is 15.0 Å². The number of ketones is 1. The Labute approximate surface area is 184 Å². The molecule has 0 aromatic rings. The molecular weight excluding hydrogens is 372 g/mol. The van der Waals surface area contributed by atoms with Crippen LogP contribution in [0.4, 0.5) is 0 Å². The third-order valence-electron chi connectivity index (χ3n) is 11.0. The number of carbonyl (C=O) groups excluding carboxylic acids is 1. The Hall–Kier alpha value is -0.410. The van der Waals surface area contributed by atoms with E-state index in [1.807, 2.05) is 6.92 Å². The van der Waals surface area contributed by atoms with Crippen LogP contribution in [0.2, 0.25) is 0 Å². The van der Waals surface area contributed by atoms with Crippen molar-refractivity contribution in [2.75, 3.05) is 6.61 Å². The van der Waals surface area contributed by atoms with E-state index in [1.165, 1.54) is 25.7 Å². The molecule has 0 unspecified atom stereocenters. The van der Waals surface area contributed by atoms with Crippen molar-refractivity contribution in [3.05, 3.63) is 0 Å². The average Bonchev–Trinajstić information content (AvgIpc) is 3.05. The lowest BCUT2D eigenvalue weighted by Crippen LogP contribution is -2.61. The van der Waals surface area contributed by atoms with Gasteiger partial charge < -0.3 is 10.2 Å². The maximum Gasteiger partial charge on any atom is 0.139 e. The fraction of sp³-hybridized carbons (Fsp3) is 0.963. The summed E-state index contributed by atoms with van der Waals surface area (Å²) in [5.41, 5.74) is -0.106. The van der Waals surface area contributed by atoms with Gasteiger partial charge in [0.25, 0.3) is 0 Å². The summed E-state index contributed by atoms with van der Waals surface area (Å²) in [6, 6.07) is 0.